The fourth-order valence-electron chi connectivity index (χ4n) is 4.18. The van der Waals surface area contributed by atoms with Gasteiger partial charge in [0.05, 0.1) is 18.4 Å². The summed E-state index contributed by atoms with van der Waals surface area (Å²) in [6.07, 6.45) is 4.78. The summed E-state index contributed by atoms with van der Waals surface area (Å²) in [5.74, 6) is 0. The number of morpholine rings is 1. The number of hydrogen-bond acceptors (Lipinski definition) is 6. The summed E-state index contributed by atoms with van der Waals surface area (Å²) in [5.41, 5.74) is 13.6. The van der Waals surface area contributed by atoms with Crippen LogP contribution in [0.3, 0.4) is 0 Å². The second-order valence-electron chi connectivity index (χ2n) is 8.54. The van der Waals surface area contributed by atoms with Crippen molar-refractivity contribution in [3.05, 3.63) is 42.1 Å². The van der Waals surface area contributed by atoms with Crippen LogP contribution in [0.15, 0.2) is 36.5 Å². The van der Waals surface area contributed by atoms with E-state index in [-0.39, 0.29) is 18.2 Å². The predicted molar refractivity (Wildman–Crippen MR) is 122 cm³/mol. The zero-order chi connectivity index (χ0) is 22.5. The van der Waals surface area contributed by atoms with Crippen molar-refractivity contribution in [1.82, 2.24) is 20.4 Å². The maximum absolute atomic E-state index is 12.6. The van der Waals surface area contributed by atoms with E-state index >= 15 is 0 Å². The van der Waals surface area contributed by atoms with E-state index in [2.05, 4.69) is 15.5 Å². The predicted octanol–water partition coefficient (Wildman–Crippen LogP) is 0.348. The Bertz CT molecular complexity index is 823. The summed E-state index contributed by atoms with van der Waals surface area (Å²) in [6.45, 7) is 4.68. The highest BCUT2D eigenvalue weighted by Gasteiger charge is 2.27. The van der Waals surface area contributed by atoms with Crippen molar-refractivity contribution in [3.63, 3.8) is 0 Å². The molecule has 1 aromatic carbocycles. The largest absolute Gasteiger partial charge is 0.373 e. The Morgan fingerprint density at radius 1 is 1.19 bits per heavy atom. The van der Waals surface area contributed by atoms with Gasteiger partial charge in [-0.2, -0.15) is 0 Å². The van der Waals surface area contributed by atoms with E-state index in [0.29, 0.717) is 32.3 Å². The number of anilines is 1. The molecule has 0 aliphatic carbocycles. The number of amides is 4. The summed E-state index contributed by atoms with van der Waals surface area (Å²) in [5, 5.41) is 5.63. The Morgan fingerprint density at radius 3 is 2.62 bits per heavy atom. The monoisotopic (exact) mass is 443 g/mol. The third-order valence-corrected chi connectivity index (χ3v) is 6.15. The van der Waals surface area contributed by atoms with Crippen LogP contribution in [0.1, 0.15) is 18.4 Å². The first-order valence-electron chi connectivity index (χ1n) is 11.2. The van der Waals surface area contributed by atoms with Gasteiger partial charge < -0.3 is 31.7 Å². The van der Waals surface area contributed by atoms with Gasteiger partial charge in [0, 0.05) is 38.4 Å². The molecule has 2 saturated heterocycles. The smallest absolute Gasteiger partial charge is 0.327 e. The molecule has 0 spiro atoms. The third-order valence-electron chi connectivity index (χ3n) is 6.15. The molecule has 6 N–H and O–H groups in total. The number of hydrogen-bond donors (Lipinski definition) is 4. The van der Waals surface area contributed by atoms with Gasteiger partial charge in [0.25, 0.3) is 0 Å². The molecule has 3 aliphatic heterocycles. The van der Waals surface area contributed by atoms with Gasteiger partial charge in [0.2, 0.25) is 0 Å². The van der Waals surface area contributed by atoms with Gasteiger partial charge in [-0.25, -0.2) is 9.59 Å². The van der Waals surface area contributed by atoms with E-state index in [0.717, 1.165) is 38.2 Å². The summed E-state index contributed by atoms with van der Waals surface area (Å²) in [4.78, 5) is 30.7. The standard InChI is InChI=1S/C22H33N7O3/c23-13-19-15-28(11-12-32-19)21(30)25-20-7-10-29(22(31)26-20)18-3-1-16(2-4-18)14-27-8-5-17(24)6-9-27/h1-4,7,10,17,19-20H,5-6,8-9,11-15,23-24H2,(H,25,30)(H,26,31). The first-order valence-corrected chi connectivity index (χ1v) is 11.2. The Balaban J connectivity index is 1.30. The molecule has 1 aromatic rings. The SMILES string of the molecule is NCC1CN(C(=O)NC2C=CN(c3ccc(CN4CCC(N)CC4)cc3)C(=O)N2)CCO1. The Kier molecular flexibility index (Phi) is 7.26. The van der Waals surface area contributed by atoms with Gasteiger partial charge in [-0.05, 0) is 49.7 Å². The Morgan fingerprint density at radius 2 is 1.94 bits per heavy atom. The summed E-state index contributed by atoms with van der Waals surface area (Å²) < 4.78 is 5.49. The second-order valence-corrected chi connectivity index (χ2v) is 8.54. The second kappa shape index (κ2) is 10.3. The highest BCUT2D eigenvalue weighted by atomic mass is 16.5. The Labute approximate surface area is 188 Å². The minimum atomic E-state index is -0.574. The van der Waals surface area contributed by atoms with Crippen LogP contribution >= 0.6 is 0 Å². The first kappa shape index (κ1) is 22.5. The average Bonchev–Trinajstić information content (AvgIpc) is 2.81. The fourth-order valence-corrected chi connectivity index (χ4v) is 4.18. The van der Waals surface area contributed by atoms with Crippen LogP contribution in [0.25, 0.3) is 0 Å². The fraction of sp³-hybridized carbons (Fsp3) is 0.545. The number of likely N-dealkylation sites (tertiary alicyclic amines) is 1. The molecule has 3 heterocycles. The van der Waals surface area contributed by atoms with E-state index in [4.69, 9.17) is 16.2 Å². The van der Waals surface area contributed by atoms with Crippen LogP contribution in [0.2, 0.25) is 0 Å². The van der Waals surface area contributed by atoms with E-state index < -0.39 is 6.17 Å². The topological polar surface area (TPSA) is 129 Å². The molecule has 4 amide bonds. The molecule has 2 fully saturated rings. The number of nitrogens with one attached hydrogen (secondary N) is 2. The summed E-state index contributed by atoms with van der Waals surface area (Å²) in [7, 11) is 0. The molecule has 3 aliphatic rings. The molecule has 0 saturated carbocycles. The molecular formula is C22H33N7O3. The number of urea groups is 2. The molecule has 10 nitrogen and oxygen atoms in total. The van der Waals surface area contributed by atoms with Crippen molar-refractivity contribution >= 4 is 17.7 Å². The van der Waals surface area contributed by atoms with E-state index in [1.807, 2.05) is 24.3 Å². The summed E-state index contributed by atoms with van der Waals surface area (Å²) in [6, 6.07) is 7.75. The van der Waals surface area contributed by atoms with Crippen molar-refractivity contribution in [1.29, 1.82) is 0 Å². The summed E-state index contributed by atoms with van der Waals surface area (Å²) >= 11 is 0. The molecule has 2 atom stereocenters. The van der Waals surface area contributed by atoms with Gasteiger partial charge in [0.15, 0.2) is 0 Å². The van der Waals surface area contributed by atoms with E-state index in [1.54, 1.807) is 17.2 Å². The molecule has 2 unspecified atom stereocenters. The number of piperidine rings is 1. The van der Waals surface area contributed by atoms with Crippen molar-refractivity contribution in [2.24, 2.45) is 11.5 Å². The molecule has 0 bridgehead atoms. The molecule has 0 aromatic heterocycles. The number of ether oxygens (including phenoxy) is 1. The Hall–Kier alpha value is -2.66. The van der Waals surface area contributed by atoms with Gasteiger partial charge in [-0.15, -0.1) is 0 Å². The van der Waals surface area contributed by atoms with Crippen molar-refractivity contribution in [2.45, 2.75) is 37.7 Å². The quantitative estimate of drug-likeness (QED) is 0.520. The lowest BCUT2D eigenvalue weighted by atomic mass is 10.1. The lowest BCUT2D eigenvalue weighted by Crippen LogP contribution is -2.58. The maximum Gasteiger partial charge on any atom is 0.327 e. The molecule has 4 rings (SSSR count). The zero-order valence-electron chi connectivity index (χ0n) is 18.3. The third kappa shape index (κ3) is 5.57. The maximum atomic E-state index is 12.6. The first-order chi connectivity index (χ1) is 15.5. The minimum absolute atomic E-state index is 0.156. The number of benzene rings is 1. The number of nitrogens with zero attached hydrogens (tertiary/aromatic N) is 3. The molecular weight excluding hydrogens is 410 g/mol. The highest BCUT2D eigenvalue weighted by Crippen LogP contribution is 2.20. The lowest BCUT2D eigenvalue weighted by molar-refractivity contribution is -0.00887. The van der Waals surface area contributed by atoms with Crippen LogP contribution in [0, 0.1) is 0 Å². The number of carbonyl (C=O) groups is 2. The molecule has 10 heteroatoms. The highest BCUT2D eigenvalue weighted by molar-refractivity contribution is 5.95. The molecule has 0 radical (unpaired) electrons. The minimum Gasteiger partial charge on any atom is -0.373 e. The van der Waals surface area contributed by atoms with Gasteiger partial charge in [-0.1, -0.05) is 12.1 Å². The van der Waals surface area contributed by atoms with Gasteiger partial charge in [-0.3, -0.25) is 9.80 Å². The van der Waals surface area contributed by atoms with Crippen LogP contribution in [0.4, 0.5) is 15.3 Å². The van der Waals surface area contributed by atoms with Crippen LogP contribution in [-0.2, 0) is 11.3 Å². The van der Waals surface area contributed by atoms with Gasteiger partial charge >= 0.3 is 12.1 Å². The van der Waals surface area contributed by atoms with E-state index in [9.17, 15) is 9.59 Å². The molecule has 32 heavy (non-hydrogen) atoms. The van der Waals surface area contributed by atoms with Crippen LogP contribution < -0.4 is 27.0 Å². The van der Waals surface area contributed by atoms with Crippen molar-refractivity contribution in [3.8, 4) is 0 Å². The van der Waals surface area contributed by atoms with Crippen LogP contribution in [-0.4, -0.2) is 79.5 Å². The number of rotatable bonds is 5. The van der Waals surface area contributed by atoms with Crippen LogP contribution in [0.5, 0.6) is 0 Å². The number of nitrogens with two attached hydrogens (primary N) is 2. The number of carbonyl (C=O) groups excluding carboxylic acids is 2. The van der Waals surface area contributed by atoms with Gasteiger partial charge in [0.1, 0.15) is 6.17 Å². The lowest BCUT2D eigenvalue weighted by Gasteiger charge is -2.34. The molecule has 174 valence electrons. The average molecular weight is 444 g/mol. The van der Waals surface area contributed by atoms with E-state index in [1.165, 1.54) is 10.5 Å². The van der Waals surface area contributed by atoms with Crippen molar-refractivity contribution < 1.29 is 14.3 Å². The normalized spacial score (nSPS) is 25.0. The van der Waals surface area contributed by atoms with Crippen molar-refractivity contribution in [2.75, 3.05) is 44.2 Å². The zero-order valence-corrected chi connectivity index (χ0v) is 18.3.